The summed E-state index contributed by atoms with van der Waals surface area (Å²) in [6.45, 7) is 4.38. The molecule has 0 aromatic heterocycles. The van der Waals surface area contributed by atoms with Crippen molar-refractivity contribution >= 4 is 27.5 Å². The number of hydrogen-bond acceptors (Lipinski definition) is 2. The molecule has 0 spiro atoms. The van der Waals surface area contributed by atoms with Gasteiger partial charge in [0.25, 0.3) is 0 Å². The van der Waals surface area contributed by atoms with E-state index in [2.05, 4.69) is 15.9 Å². The Balaban J connectivity index is 2.49. The van der Waals surface area contributed by atoms with E-state index < -0.39 is 6.10 Å². The van der Waals surface area contributed by atoms with Crippen LogP contribution in [0.5, 0.6) is 5.75 Å². The average Bonchev–Trinajstić information content (AvgIpc) is 2.43. The van der Waals surface area contributed by atoms with Crippen LogP contribution in [0.4, 0.5) is 0 Å². The van der Waals surface area contributed by atoms with Crippen molar-refractivity contribution in [2.45, 2.75) is 20.0 Å². The first-order chi connectivity index (χ1) is 9.54. The van der Waals surface area contributed by atoms with Gasteiger partial charge in [-0.25, -0.2) is 0 Å². The monoisotopic (exact) mass is 354 g/mol. The Morgan fingerprint density at radius 1 is 1.25 bits per heavy atom. The summed E-state index contributed by atoms with van der Waals surface area (Å²) in [6.07, 6.45) is -0.818. The number of rotatable bonds is 4. The van der Waals surface area contributed by atoms with Crippen molar-refractivity contribution in [3.63, 3.8) is 0 Å². The van der Waals surface area contributed by atoms with Gasteiger partial charge in [0.2, 0.25) is 0 Å². The van der Waals surface area contributed by atoms with Gasteiger partial charge < -0.3 is 9.84 Å². The summed E-state index contributed by atoms with van der Waals surface area (Å²) in [7, 11) is 0. The van der Waals surface area contributed by atoms with Crippen LogP contribution in [0.25, 0.3) is 0 Å². The summed E-state index contributed by atoms with van der Waals surface area (Å²) in [5, 5.41) is 11.2. The van der Waals surface area contributed by atoms with Gasteiger partial charge in [-0.1, -0.05) is 45.7 Å². The zero-order chi connectivity index (χ0) is 14.7. The van der Waals surface area contributed by atoms with Crippen molar-refractivity contribution in [3.8, 4) is 5.75 Å². The van der Waals surface area contributed by atoms with Gasteiger partial charge in [-0.3, -0.25) is 0 Å². The summed E-state index contributed by atoms with van der Waals surface area (Å²) in [4.78, 5) is 0. The molecule has 0 heterocycles. The summed E-state index contributed by atoms with van der Waals surface area (Å²) < 4.78 is 6.47. The Morgan fingerprint density at radius 3 is 2.70 bits per heavy atom. The Bertz CT molecular complexity index is 613. The van der Waals surface area contributed by atoms with E-state index in [1.165, 1.54) is 0 Å². The van der Waals surface area contributed by atoms with Gasteiger partial charge in [0.05, 0.1) is 6.61 Å². The molecule has 1 unspecified atom stereocenters. The minimum atomic E-state index is -0.818. The van der Waals surface area contributed by atoms with E-state index in [1.54, 1.807) is 0 Å². The predicted molar refractivity (Wildman–Crippen MR) is 85.6 cm³/mol. The van der Waals surface area contributed by atoms with Crippen molar-refractivity contribution < 1.29 is 9.84 Å². The number of benzene rings is 2. The first kappa shape index (κ1) is 15.4. The van der Waals surface area contributed by atoms with Crippen LogP contribution in [-0.4, -0.2) is 11.7 Å². The topological polar surface area (TPSA) is 29.5 Å². The molecule has 0 fully saturated rings. The lowest BCUT2D eigenvalue weighted by atomic mass is 9.99. The first-order valence-electron chi connectivity index (χ1n) is 6.40. The second-order valence-corrected chi connectivity index (χ2v) is 5.79. The number of ether oxygens (including phenoxy) is 1. The minimum Gasteiger partial charge on any atom is -0.493 e. The summed E-state index contributed by atoms with van der Waals surface area (Å²) in [6, 6.07) is 11.2. The molecule has 0 aliphatic rings. The molecular formula is C16H16BrClO2. The number of aliphatic hydroxyl groups is 1. The number of hydrogen-bond donors (Lipinski definition) is 1. The molecule has 2 aromatic carbocycles. The quantitative estimate of drug-likeness (QED) is 0.846. The van der Waals surface area contributed by atoms with Crippen molar-refractivity contribution in [2.24, 2.45) is 0 Å². The highest BCUT2D eigenvalue weighted by atomic mass is 79.9. The number of halogens is 2. The highest BCUT2D eigenvalue weighted by Crippen LogP contribution is 2.36. The largest absolute Gasteiger partial charge is 0.493 e. The molecule has 106 valence electrons. The molecule has 2 rings (SSSR count). The van der Waals surface area contributed by atoms with Crippen molar-refractivity contribution in [1.29, 1.82) is 0 Å². The summed E-state index contributed by atoms with van der Waals surface area (Å²) >= 11 is 9.72. The highest BCUT2D eigenvalue weighted by Gasteiger charge is 2.19. The van der Waals surface area contributed by atoms with Gasteiger partial charge in [0.15, 0.2) is 0 Å². The lowest BCUT2D eigenvalue weighted by Crippen LogP contribution is -2.05. The zero-order valence-electron chi connectivity index (χ0n) is 11.4. The zero-order valence-corrected chi connectivity index (χ0v) is 13.7. The van der Waals surface area contributed by atoms with Crippen LogP contribution in [0, 0.1) is 6.92 Å². The SMILES string of the molecule is CCOc1ccc(Br)cc1C(O)c1cccc(C)c1Cl. The molecule has 4 heteroatoms. The van der Waals surface area contributed by atoms with E-state index in [0.717, 1.165) is 10.0 Å². The fourth-order valence-electron chi connectivity index (χ4n) is 2.07. The average molecular weight is 356 g/mol. The minimum absolute atomic E-state index is 0.545. The molecule has 0 saturated carbocycles. The molecule has 0 aliphatic heterocycles. The lowest BCUT2D eigenvalue weighted by Gasteiger charge is -2.18. The maximum atomic E-state index is 10.6. The molecule has 1 atom stereocenters. The van der Waals surface area contributed by atoms with Crippen molar-refractivity contribution in [2.75, 3.05) is 6.61 Å². The molecule has 0 saturated heterocycles. The van der Waals surface area contributed by atoms with E-state index in [-0.39, 0.29) is 0 Å². The Labute approximate surface area is 132 Å². The van der Waals surface area contributed by atoms with E-state index in [9.17, 15) is 5.11 Å². The molecule has 0 amide bonds. The standard InChI is InChI=1S/C16H16BrClO2/c1-3-20-14-8-7-11(17)9-13(14)16(19)12-6-4-5-10(2)15(12)18/h4-9,16,19H,3H2,1-2H3. The van der Waals surface area contributed by atoms with Gasteiger partial charge in [-0.2, -0.15) is 0 Å². The molecule has 2 nitrogen and oxygen atoms in total. The highest BCUT2D eigenvalue weighted by molar-refractivity contribution is 9.10. The van der Waals surface area contributed by atoms with Crippen LogP contribution in [0.15, 0.2) is 40.9 Å². The van der Waals surface area contributed by atoms with Crippen LogP contribution in [0.2, 0.25) is 5.02 Å². The van der Waals surface area contributed by atoms with Gasteiger partial charge >= 0.3 is 0 Å². The van der Waals surface area contributed by atoms with Gasteiger partial charge in [-0.15, -0.1) is 0 Å². The summed E-state index contributed by atoms with van der Waals surface area (Å²) in [5.41, 5.74) is 2.33. The third-order valence-electron chi connectivity index (χ3n) is 3.08. The van der Waals surface area contributed by atoms with E-state index >= 15 is 0 Å². The van der Waals surface area contributed by atoms with Crippen molar-refractivity contribution in [3.05, 3.63) is 62.6 Å². The smallest absolute Gasteiger partial charge is 0.125 e. The predicted octanol–water partition coefficient (Wildman–Crippen LogP) is 4.89. The third kappa shape index (κ3) is 3.17. The molecular weight excluding hydrogens is 340 g/mol. The van der Waals surface area contributed by atoms with Gasteiger partial charge in [0, 0.05) is 20.6 Å². The van der Waals surface area contributed by atoms with E-state index in [0.29, 0.717) is 28.5 Å². The first-order valence-corrected chi connectivity index (χ1v) is 7.57. The molecule has 0 radical (unpaired) electrons. The molecule has 0 aliphatic carbocycles. The second-order valence-electron chi connectivity index (χ2n) is 4.50. The Kier molecular flexibility index (Phi) is 5.08. The number of aryl methyl sites for hydroxylation is 1. The van der Waals surface area contributed by atoms with Crippen LogP contribution in [0.1, 0.15) is 29.7 Å². The van der Waals surface area contributed by atoms with Gasteiger partial charge in [0.1, 0.15) is 11.9 Å². The maximum absolute atomic E-state index is 10.6. The molecule has 1 N–H and O–H groups in total. The van der Waals surface area contributed by atoms with Crippen LogP contribution < -0.4 is 4.74 Å². The van der Waals surface area contributed by atoms with Gasteiger partial charge in [-0.05, 0) is 37.6 Å². The second kappa shape index (κ2) is 6.61. The number of aliphatic hydroxyl groups excluding tert-OH is 1. The molecule has 20 heavy (non-hydrogen) atoms. The normalized spacial score (nSPS) is 12.2. The van der Waals surface area contributed by atoms with E-state index in [1.807, 2.05) is 50.2 Å². The Morgan fingerprint density at radius 2 is 2.00 bits per heavy atom. The third-order valence-corrected chi connectivity index (χ3v) is 4.09. The lowest BCUT2D eigenvalue weighted by molar-refractivity contribution is 0.212. The fraction of sp³-hybridized carbons (Fsp3) is 0.250. The Hall–Kier alpha value is -1.03. The summed E-state index contributed by atoms with van der Waals surface area (Å²) in [5.74, 6) is 0.667. The van der Waals surface area contributed by atoms with E-state index in [4.69, 9.17) is 16.3 Å². The van der Waals surface area contributed by atoms with Crippen molar-refractivity contribution in [1.82, 2.24) is 0 Å². The fourth-order valence-corrected chi connectivity index (χ4v) is 2.68. The molecule has 2 aromatic rings. The van der Waals surface area contributed by atoms with Crippen LogP contribution >= 0.6 is 27.5 Å². The molecule has 0 bridgehead atoms. The van der Waals surface area contributed by atoms with Crippen LogP contribution in [0.3, 0.4) is 0 Å². The van der Waals surface area contributed by atoms with Crippen LogP contribution in [-0.2, 0) is 0 Å². The maximum Gasteiger partial charge on any atom is 0.125 e.